The van der Waals surface area contributed by atoms with Crippen molar-refractivity contribution in [1.29, 1.82) is 0 Å². The number of hydrogen-bond donors (Lipinski definition) is 6. The molecule has 7 rings (SSSR count). The SMILES string of the molecule is Cn1c2cc(O)ccc2c2c3c(c4c5ccc(O)cc5[nH]c4c21)C(=O)N(NCc1scc(CO)c1CO)C3=O. The highest BCUT2D eigenvalue weighted by molar-refractivity contribution is 7.10. The maximum atomic E-state index is 14.0. The first-order valence-corrected chi connectivity index (χ1v) is 13.1. The van der Waals surface area contributed by atoms with E-state index in [9.17, 15) is 30.0 Å². The van der Waals surface area contributed by atoms with E-state index in [0.29, 0.717) is 59.6 Å². The number of H-pyrrole nitrogens is 1. The summed E-state index contributed by atoms with van der Waals surface area (Å²) in [5.41, 5.74) is 7.26. The number of aliphatic hydroxyl groups is 2. The number of phenols is 2. The molecule has 1 aliphatic heterocycles. The first kappa shape index (κ1) is 23.7. The highest BCUT2D eigenvalue weighted by Crippen LogP contribution is 2.45. The van der Waals surface area contributed by atoms with Gasteiger partial charge in [-0.05, 0) is 40.8 Å². The van der Waals surface area contributed by atoms with E-state index < -0.39 is 11.8 Å². The van der Waals surface area contributed by atoms with Crippen molar-refractivity contribution >= 4 is 66.8 Å². The fraction of sp³-hybridized carbons (Fsp3) is 0.143. The first-order chi connectivity index (χ1) is 18.8. The van der Waals surface area contributed by atoms with E-state index in [1.165, 1.54) is 17.4 Å². The number of thiophene rings is 1. The number of aryl methyl sites for hydroxylation is 1. The Bertz CT molecular complexity index is 2040. The number of amides is 2. The van der Waals surface area contributed by atoms with Crippen LogP contribution in [0.1, 0.15) is 36.7 Å². The van der Waals surface area contributed by atoms with Gasteiger partial charge in [0, 0.05) is 45.6 Å². The Labute approximate surface area is 223 Å². The summed E-state index contributed by atoms with van der Waals surface area (Å²) in [6.45, 7) is -0.392. The number of carbonyl (C=O) groups excluding carboxylic acids is 2. The molecule has 0 bridgehead atoms. The minimum atomic E-state index is -0.517. The van der Waals surface area contributed by atoms with Crippen LogP contribution < -0.4 is 5.43 Å². The Balaban J connectivity index is 1.49. The third kappa shape index (κ3) is 3.12. The molecule has 0 aliphatic carbocycles. The highest BCUT2D eigenvalue weighted by atomic mass is 32.1. The molecule has 0 fully saturated rings. The molecule has 0 saturated carbocycles. The Hall–Kier alpha value is -4.42. The van der Waals surface area contributed by atoms with E-state index in [4.69, 9.17) is 0 Å². The van der Waals surface area contributed by atoms with Crippen molar-refractivity contribution in [2.24, 2.45) is 7.05 Å². The predicted molar refractivity (Wildman–Crippen MR) is 147 cm³/mol. The van der Waals surface area contributed by atoms with Crippen LogP contribution in [-0.2, 0) is 26.8 Å². The molecule has 0 saturated heterocycles. The number of phenolic OH excluding ortho intramolecular Hbond substituents is 2. The summed E-state index contributed by atoms with van der Waals surface area (Å²) in [6.07, 6.45) is 0. The van der Waals surface area contributed by atoms with Crippen molar-refractivity contribution in [1.82, 2.24) is 20.0 Å². The number of carbonyl (C=O) groups is 2. The van der Waals surface area contributed by atoms with Crippen LogP contribution in [0.3, 0.4) is 0 Å². The molecule has 10 nitrogen and oxygen atoms in total. The number of aromatic nitrogens is 2. The van der Waals surface area contributed by atoms with Gasteiger partial charge >= 0.3 is 0 Å². The van der Waals surface area contributed by atoms with E-state index in [-0.39, 0.29) is 42.4 Å². The summed E-state index contributed by atoms with van der Waals surface area (Å²) in [5.74, 6) is -0.893. The molecular formula is C28H22N4O6S. The fourth-order valence-electron chi connectivity index (χ4n) is 5.82. The van der Waals surface area contributed by atoms with Crippen molar-refractivity contribution in [3.05, 3.63) is 68.9 Å². The summed E-state index contributed by atoms with van der Waals surface area (Å²) in [6, 6.07) is 9.72. The number of hydrazine groups is 1. The zero-order valence-corrected chi connectivity index (χ0v) is 21.4. The molecule has 0 spiro atoms. The summed E-state index contributed by atoms with van der Waals surface area (Å²) in [5, 5.41) is 44.9. The predicted octanol–water partition coefficient (Wildman–Crippen LogP) is 3.72. The van der Waals surface area contributed by atoms with Gasteiger partial charge in [-0.15, -0.1) is 11.3 Å². The van der Waals surface area contributed by atoms with Gasteiger partial charge in [0.05, 0.1) is 53.0 Å². The van der Waals surface area contributed by atoms with E-state index in [2.05, 4.69) is 10.4 Å². The van der Waals surface area contributed by atoms with Gasteiger partial charge in [-0.25, -0.2) is 10.4 Å². The van der Waals surface area contributed by atoms with Crippen LogP contribution in [0.4, 0.5) is 0 Å². The standard InChI is InChI=1S/C28H22N4O6S/c1-31-19-7-14(36)3-5-16(19)22-24-23(21-15-4-2-13(35)6-18(15)30-25(21)26(22)31)27(37)32(28(24)38)29-8-20-17(10-34)12(9-33)11-39-20/h2-7,11,29-30,33-36H,8-10H2,1H3. The summed E-state index contributed by atoms with van der Waals surface area (Å²) < 4.78 is 1.88. The smallest absolute Gasteiger partial charge is 0.276 e. The minimum Gasteiger partial charge on any atom is -0.508 e. The fourth-order valence-corrected chi connectivity index (χ4v) is 6.80. The number of imide groups is 1. The molecule has 6 aromatic rings. The van der Waals surface area contributed by atoms with Crippen molar-refractivity contribution in [3.63, 3.8) is 0 Å². The topological polar surface area (TPSA) is 151 Å². The molecule has 1 aliphatic rings. The number of fused-ring (bicyclic) bond motifs is 10. The average molecular weight is 543 g/mol. The van der Waals surface area contributed by atoms with Gasteiger partial charge in [0.25, 0.3) is 11.8 Å². The van der Waals surface area contributed by atoms with Crippen LogP contribution in [0.15, 0.2) is 41.8 Å². The van der Waals surface area contributed by atoms with E-state index in [1.54, 1.807) is 35.7 Å². The maximum absolute atomic E-state index is 14.0. The summed E-state index contributed by atoms with van der Waals surface area (Å²) in [7, 11) is 1.84. The molecule has 39 heavy (non-hydrogen) atoms. The van der Waals surface area contributed by atoms with E-state index in [1.807, 2.05) is 11.6 Å². The number of nitrogens with zero attached hydrogens (tertiary/aromatic N) is 2. The Morgan fingerprint density at radius 2 is 1.62 bits per heavy atom. The Kier molecular flexibility index (Phi) is 5.03. The second kappa shape index (κ2) is 8.29. The zero-order chi connectivity index (χ0) is 27.2. The van der Waals surface area contributed by atoms with Crippen LogP contribution in [0.5, 0.6) is 11.5 Å². The third-order valence-corrected chi connectivity index (χ3v) is 8.66. The molecule has 0 atom stereocenters. The molecular weight excluding hydrogens is 520 g/mol. The monoisotopic (exact) mass is 542 g/mol. The van der Waals surface area contributed by atoms with Gasteiger partial charge in [-0.2, -0.15) is 0 Å². The van der Waals surface area contributed by atoms with Gasteiger partial charge in [-0.3, -0.25) is 9.59 Å². The van der Waals surface area contributed by atoms with Crippen molar-refractivity contribution in [3.8, 4) is 11.5 Å². The van der Waals surface area contributed by atoms with Crippen molar-refractivity contribution < 1.29 is 30.0 Å². The molecule has 196 valence electrons. The molecule has 3 aromatic heterocycles. The number of rotatable bonds is 5. The van der Waals surface area contributed by atoms with Gasteiger partial charge in [0.2, 0.25) is 0 Å². The van der Waals surface area contributed by atoms with E-state index >= 15 is 0 Å². The largest absolute Gasteiger partial charge is 0.508 e. The molecule has 2 amide bonds. The number of aromatic hydroxyl groups is 2. The molecule has 6 N–H and O–H groups in total. The van der Waals surface area contributed by atoms with Gasteiger partial charge in [0.1, 0.15) is 11.5 Å². The van der Waals surface area contributed by atoms with Crippen LogP contribution in [0.2, 0.25) is 0 Å². The van der Waals surface area contributed by atoms with Crippen LogP contribution in [0.25, 0.3) is 43.6 Å². The lowest BCUT2D eigenvalue weighted by atomic mass is 9.96. The van der Waals surface area contributed by atoms with Crippen molar-refractivity contribution in [2.45, 2.75) is 19.8 Å². The number of nitrogens with one attached hydrogen (secondary N) is 2. The normalized spacial score (nSPS) is 13.7. The highest BCUT2D eigenvalue weighted by Gasteiger charge is 2.41. The van der Waals surface area contributed by atoms with Crippen LogP contribution >= 0.6 is 11.3 Å². The molecule has 4 heterocycles. The molecule has 11 heteroatoms. The first-order valence-electron chi connectivity index (χ1n) is 12.2. The second-order valence-electron chi connectivity index (χ2n) is 9.60. The molecule has 0 radical (unpaired) electrons. The summed E-state index contributed by atoms with van der Waals surface area (Å²) >= 11 is 1.32. The zero-order valence-electron chi connectivity index (χ0n) is 20.6. The van der Waals surface area contributed by atoms with Gasteiger partial charge < -0.3 is 30.0 Å². The maximum Gasteiger partial charge on any atom is 0.276 e. The lowest BCUT2D eigenvalue weighted by Gasteiger charge is -2.15. The number of benzene rings is 3. The Morgan fingerprint density at radius 1 is 0.923 bits per heavy atom. The average Bonchev–Trinajstić information content (AvgIpc) is 3.63. The van der Waals surface area contributed by atoms with Gasteiger partial charge in [-0.1, -0.05) is 0 Å². The molecule has 0 unspecified atom stereocenters. The number of aliphatic hydroxyl groups excluding tert-OH is 2. The lowest BCUT2D eigenvalue weighted by Crippen LogP contribution is -2.41. The second-order valence-corrected chi connectivity index (χ2v) is 10.6. The summed E-state index contributed by atoms with van der Waals surface area (Å²) in [4.78, 5) is 32.0. The lowest BCUT2D eigenvalue weighted by molar-refractivity contribution is 0.0564. The van der Waals surface area contributed by atoms with Gasteiger partial charge in [0.15, 0.2) is 0 Å². The number of aromatic amines is 1. The Morgan fingerprint density at radius 3 is 2.33 bits per heavy atom. The quantitative estimate of drug-likeness (QED) is 0.182. The molecule has 3 aromatic carbocycles. The third-order valence-electron chi connectivity index (χ3n) is 7.58. The van der Waals surface area contributed by atoms with E-state index in [0.717, 1.165) is 5.01 Å². The van der Waals surface area contributed by atoms with Crippen LogP contribution in [0, 0.1) is 0 Å². The number of hydrogen-bond acceptors (Lipinski definition) is 8. The minimum absolute atomic E-state index is 0.0625. The van der Waals surface area contributed by atoms with Crippen LogP contribution in [-0.4, -0.2) is 46.8 Å². The van der Waals surface area contributed by atoms with Crippen molar-refractivity contribution in [2.75, 3.05) is 0 Å².